The van der Waals surface area contributed by atoms with Crippen LogP contribution in [0.3, 0.4) is 0 Å². The molecule has 0 saturated heterocycles. The van der Waals surface area contributed by atoms with Crippen molar-refractivity contribution in [3.8, 4) is 0 Å². The van der Waals surface area contributed by atoms with Crippen LogP contribution in [-0.4, -0.2) is 19.0 Å². The molecule has 17 heavy (non-hydrogen) atoms. The van der Waals surface area contributed by atoms with Gasteiger partial charge in [-0.1, -0.05) is 38.1 Å². The Morgan fingerprint density at radius 2 is 2.24 bits per heavy atom. The summed E-state index contributed by atoms with van der Waals surface area (Å²) < 4.78 is 0. The third kappa shape index (κ3) is 2.86. The quantitative estimate of drug-likeness (QED) is 0.832. The lowest BCUT2D eigenvalue weighted by Crippen LogP contribution is -2.40. The van der Waals surface area contributed by atoms with Gasteiger partial charge >= 0.3 is 0 Å². The van der Waals surface area contributed by atoms with Crippen molar-refractivity contribution in [3.05, 3.63) is 35.4 Å². The highest BCUT2D eigenvalue weighted by atomic mass is 16.1. The van der Waals surface area contributed by atoms with Gasteiger partial charge in [0.2, 0.25) is 5.91 Å². The van der Waals surface area contributed by atoms with Gasteiger partial charge in [0.1, 0.15) is 0 Å². The van der Waals surface area contributed by atoms with E-state index in [0.717, 1.165) is 19.6 Å². The fourth-order valence-electron chi connectivity index (χ4n) is 2.16. The van der Waals surface area contributed by atoms with Crippen LogP contribution in [0.25, 0.3) is 0 Å². The molecule has 0 spiro atoms. The third-order valence-corrected chi connectivity index (χ3v) is 3.10. The smallest absolute Gasteiger partial charge is 0.228 e. The van der Waals surface area contributed by atoms with E-state index in [1.165, 1.54) is 11.1 Å². The third-order valence-electron chi connectivity index (χ3n) is 3.10. The molecule has 1 aliphatic rings. The Bertz CT molecular complexity index is 401. The van der Waals surface area contributed by atoms with Crippen molar-refractivity contribution in [2.45, 2.75) is 26.3 Å². The number of carbonyl (C=O) groups is 1. The fourth-order valence-corrected chi connectivity index (χ4v) is 2.16. The molecule has 0 saturated carbocycles. The summed E-state index contributed by atoms with van der Waals surface area (Å²) in [6.07, 6.45) is 0. The van der Waals surface area contributed by atoms with Crippen LogP contribution >= 0.6 is 0 Å². The first-order valence-electron chi connectivity index (χ1n) is 6.24. The Kier molecular flexibility index (Phi) is 3.79. The van der Waals surface area contributed by atoms with E-state index in [1.807, 2.05) is 12.1 Å². The number of fused-ring (bicyclic) bond motifs is 1. The van der Waals surface area contributed by atoms with Gasteiger partial charge in [0.15, 0.2) is 0 Å². The molecule has 2 rings (SSSR count). The normalized spacial score (nSPS) is 18.9. The van der Waals surface area contributed by atoms with Crippen molar-refractivity contribution in [1.29, 1.82) is 0 Å². The second-order valence-corrected chi connectivity index (χ2v) is 5.02. The van der Waals surface area contributed by atoms with Crippen LogP contribution in [0.2, 0.25) is 0 Å². The predicted octanol–water partition coefficient (Wildman–Crippen LogP) is 1.65. The van der Waals surface area contributed by atoms with Gasteiger partial charge in [-0.2, -0.15) is 0 Å². The first-order chi connectivity index (χ1) is 8.18. The zero-order valence-corrected chi connectivity index (χ0v) is 10.5. The maximum absolute atomic E-state index is 12.1. The minimum absolute atomic E-state index is 0.0429. The number of benzene rings is 1. The van der Waals surface area contributed by atoms with E-state index in [1.54, 1.807) is 0 Å². The van der Waals surface area contributed by atoms with E-state index in [4.69, 9.17) is 0 Å². The summed E-state index contributed by atoms with van der Waals surface area (Å²) in [7, 11) is 0. The lowest BCUT2D eigenvalue weighted by Gasteiger charge is -2.25. The first kappa shape index (κ1) is 12.1. The Hall–Kier alpha value is -1.35. The molecule has 1 aliphatic heterocycles. The molecule has 3 heteroatoms. The number of amides is 1. The molecule has 1 atom stereocenters. The molecule has 0 bridgehead atoms. The summed E-state index contributed by atoms with van der Waals surface area (Å²) in [5, 5.41) is 6.31. The molecular weight excluding hydrogens is 212 g/mol. The van der Waals surface area contributed by atoms with Crippen LogP contribution in [0, 0.1) is 5.92 Å². The van der Waals surface area contributed by atoms with Crippen LogP contribution in [0.4, 0.5) is 0 Å². The van der Waals surface area contributed by atoms with Crippen molar-refractivity contribution in [2.75, 3.05) is 13.1 Å². The Labute approximate surface area is 103 Å². The number of nitrogens with one attached hydrogen (secondary N) is 2. The number of carbonyl (C=O) groups excluding carboxylic acids is 1. The van der Waals surface area contributed by atoms with Crippen LogP contribution in [0.15, 0.2) is 24.3 Å². The number of hydrogen-bond acceptors (Lipinski definition) is 2. The van der Waals surface area contributed by atoms with Crippen molar-refractivity contribution in [1.82, 2.24) is 10.6 Å². The molecule has 2 N–H and O–H groups in total. The summed E-state index contributed by atoms with van der Waals surface area (Å²) in [6, 6.07) is 8.18. The van der Waals surface area contributed by atoms with Crippen LogP contribution in [0.5, 0.6) is 0 Å². The topological polar surface area (TPSA) is 41.1 Å². The fraction of sp³-hybridized carbons (Fsp3) is 0.500. The number of hydrogen-bond donors (Lipinski definition) is 2. The van der Waals surface area contributed by atoms with E-state index in [-0.39, 0.29) is 11.8 Å². The molecule has 0 radical (unpaired) electrons. The second-order valence-electron chi connectivity index (χ2n) is 5.02. The van der Waals surface area contributed by atoms with Crippen LogP contribution in [0.1, 0.15) is 30.9 Å². The molecule has 0 aliphatic carbocycles. The summed E-state index contributed by atoms with van der Waals surface area (Å²) >= 11 is 0. The van der Waals surface area contributed by atoms with Crippen molar-refractivity contribution in [3.63, 3.8) is 0 Å². The summed E-state index contributed by atoms with van der Waals surface area (Å²) in [4.78, 5) is 12.1. The molecule has 1 amide bonds. The van der Waals surface area contributed by atoms with Gasteiger partial charge in [0.25, 0.3) is 0 Å². The Morgan fingerprint density at radius 3 is 3.00 bits per heavy atom. The largest absolute Gasteiger partial charge is 0.355 e. The van der Waals surface area contributed by atoms with Crippen molar-refractivity contribution in [2.24, 2.45) is 5.92 Å². The molecule has 1 aromatic carbocycles. The van der Waals surface area contributed by atoms with Gasteiger partial charge in [-0.25, -0.2) is 0 Å². The highest BCUT2D eigenvalue weighted by Gasteiger charge is 2.25. The standard InChI is InChI=1S/C14H20N2O/c1-10(2)7-16-14(17)13-9-15-8-11-5-3-4-6-12(11)13/h3-6,10,13,15H,7-9H2,1-2H3,(H,16,17). The minimum atomic E-state index is -0.0429. The maximum Gasteiger partial charge on any atom is 0.228 e. The van der Waals surface area contributed by atoms with Crippen LogP contribution < -0.4 is 10.6 Å². The highest BCUT2D eigenvalue weighted by Crippen LogP contribution is 2.23. The number of rotatable bonds is 3. The highest BCUT2D eigenvalue weighted by molar-refractivity contribution is 5.84. The molecular formula is C14H20N2O. The van der Waals surface area contributed by atoms with Gasteiger partial charge in [-0.05, 0) is 17.0 Å². The molecule has 0 fully saturated rings. The predicted molar refractivity (Wildman–Crippen MR) is 68.7 cm³/mol. The van der Waals surface area contributed by atoms with E-state index in [9.17, 15) is 4.79 Å². The molecule has 3 nitrogen and oxygen atoms in total. The van der Waals surface area contributed by atoms with Gasteiger partial charge < -0.3 is 10.6 Å². The van der Waals surface area contributed by atoms with Gasteiger partial charge in [0, 0.05) is 19.6 Å². The van der Waals surface area contributed by atoms with Gasteiger partial charge in [0.05, 0.1) is 5.92 Å². The molecule has 1 unspecified atom stereocenters. The van der Waals surface area contributed by atoms with E-state index < -0.39 is 0 Å². The average molecular weight is 232 g/mol. The average Bonchev–Trinajstić information content (AvgIpc) is 2.35. The lowest BCUT2D eigenvalue weighted by atomic mass is 9.90. The molecule has 1 heterocycles. The molecule has 1 aromatic rings. The van der Waals surface area contributed by atoms with Crippen molar-refractivity contribution < 1.29 is 4.79 Å². The van der Waals surface area contributed by atoms with Gasteiger partial charge in [-0.15, -0.1) is 0 Å². The van der Waals surface area contributed by atoms with E-state index in [0.29, 0.717) is 5.92 Å². The zero-order chi connectivity index (χ0) is 12.3. The van der Waals surface area contributed by atoms with Gasteiger partial charge in [-0.3, -0.25) is 4.79 Å². The van der Waals surface area contributed by atoms with E-state index in [2.05, 4.69) is 36.6 Å². The zero-order valence-electron chi connectivity index (χ0n) is 10.5. The van der Waals surface area contributed by atoms with Crippen LogP contribution in [-0.2, 0) is 11.3 Å². The van der Waals surface area contributed by atoms with E-state index >= 15 is 0 Å². The summed E-state index contributed by atoms with van der Waals surface area (Å²) in [5.74, 6) is 0.586. The maximum atomic E-state index is 12.1. The Balaban J connectivity index is 2.10. The SMILES string of the molecule is CC(C)CNC(=O)C1CNCc2ccccc21. The lowest BCUT2D eigenvalue weighted by molar-refractivity contribution is -0.122. The first-order valence-corrected chi connectivity index (χ1v) is 6.24. The summed E-state index contributed by atoms with van der Waals surface area (Å²) in [6.45, 7) is 6.56. The minimum Gasteiger partial charge on any atom is -0.355 e. The molecule has 92 valence electrons. The second kappa shape index (κ2) is 5.32. The monoisotopic (exact) mass is 232 g/mol. The van der Waals surface area contributed by atoms with Crippen molar-refractivity contribution >= 4 is 5.91 Å². The Morgan fingerprint density at radius 1 is 1.47 bits per heavy atom. The molecule has 0 aromatic heterocycles. The summed E-state index contributed by atoms with van der Waals surface area (Å²) in [5.41, 5.74) is 2.41.